The van der Waals surface area contributed by atoms with Gasteiger partial charge in [-0.3, -0.25) is 4.79 Å². The number of ketones is 1. The van der Waals surface area contributed by atoms with Gasteiger partial charge in [0.05, 0.1) is 16.7 Å². The van der Waals surface area contributed by atoms with Crippen LogP contribution in [0.15, 0.2) is 0 Å². The number of carbonyl (C=O) groups excluding carboxylic acids is 1. The highest BCUT2D eigenvalue weighted by Crippen LogP contribution is 2.44. The predicted molar refractivity (Wildman–Crippen MR) is 87.1 cm³/mol. The van der Waals surface area contributed by atoms with Crippen LogP contribution in [0.25, 0.3) is 0 Å². The Hall–Kier alpha value is -1.23. The summed E-state index contributed by atoms with van der Waals surface area (Å²) in [5.74, 6) is 0.640. The third kappa shape index (κ3) is 4.13. The Balaban J connectivity index is 3.06. The smallest absolute Gasteiger partial charge is 0.177 e. The van der Waals surface area contributed by atoms with E-state index in [1.165, 1.54) is 11.3 Å². The van der Waals surface area contributed by atoms with Gasteiger partial charge in [0.2, 0.25) is 0 Å². The summed E-state index contributed by atoms with van der Waals surface area (Å²) in [5, 5.41) is 4.20. The first-order chi connectivity index (χ1) is 9.38. The summed E-state index contributed by atoms with van der Waals surface area (Å²) in [4.78, 5) is 12.8. The Labute approximate surface area is 125 Å². The molecule has 0 unspecified atom stereocenters. The standard InChI is InChI=1S/C15H26N2O2S/c1-6-7-8-17-15-13(19-10(4)5)11(16)14(20-15)12(18)9(2)3/h9-10,17H,6-8,16H2,1-5H3. The largest absolute Gasteiger partial charge is 0.486 e. The van der Waals surface area contributed by atoms with Gasteiger partial charge in [-0.2, -0.15) is 0 Å². The summed E-state index contributed by atoms with van der Waals surface area (Å²) in [7, 11) is 0. The highest BCUT2D eigenvalue weighted by atomic mass is 32.1. The third-order valence-electron chi connectivity index (χ3n) is 2.82. The van der Waals surface area contributed by atoms with Crippen LogP contribution in [0.2, 0.25) is 0 Å². The first-order valence-corrected chi connectivity index (χ1v) is 8.07. The molecule has 1 aromatic rings. The number of nitrogens with one attached hydrogen (secondary N) is 1. The Morgan fingerprint density at radius 2 is 2.00 bits per heavy atom. The number of thiophene rings is 1. The summed E-state index contributed by atoms with van der Waals surface area (Å²) < 4.78 is 5.79. The highest BCUT2D eigenvalue weighted by Gasteiger charge is 2.24. The fraction of sp³-hybridized carbons (Fsp3) is 0.667. The number of anilines is 2. The van der Waals surface area contributed by atoms with E-state index >= 15 is 0 Å². The molecule has 0 spiro atoms. The molecule has 20 heavy (non-hydrogen) atoms. The molecule has 5 heteroatoms. The molecular formula is C15H26N2O2S. The molecule has 0 aliphatic carbocycles. The van der Waals surface area contributed by atoms with Crippen LogP contribution < -0.4 is 15.8 Å². The van der Waals surface area contributed by atoms with Gasteiger partial charge in [0.25, 0.3) is 0 Å². The van der Waals surface area contributed by atoms with Crippen molar-refractivity contribution in [2.24, 2.45) is 5.92 Å². The molecular weight excluding hydrogens is 272 g/mol. The van der Waals surface area contributed by atoms with Gasteiger partial charge in [-0.05, 0) is 20.3 Å². The monoisotopic (exact) mass is 298 g/mol. The summed E-state index contributed by atoms with van der Waals surface area (Å²) in [6.07, 6.45) is 2.22. The zero-order valence-electron chi connectivity index (χ0n) is 13.1. The van der Waals surface area contributed by atoms with Crippen molar-refractivity contribution in [1.82, 2.24) is 0 Å². The van der Waals surface area contributed by atoms with Crippen LogP contribution in [0.5, 0.6) is 5.75 Å². The zero-order valence-corrected chi connectivity index (χ0v) is 13.9. The van der Waals surface area contributed by atoms with E-state index < -0.39 is 0 Å². The van der Waals surface area contributed by atoms with Crippen LogP contribution in [0.1, 0.15) is 57.1 Å². The van der Waals surface area contributed by atoms with E-state index in [1.54, 1.807) is 0 Å². The Morgan fingerprint density at radius 1 is 1.35 bits per heavy atom. The maximum atomic E-state index is 12.2. The van der Waals surface area contributed by atoms with E-state index in [9.17, 15) is 4.79 Å². The average Bonchev–Trinajstić information content (AvgIpc) is 2.66. The first-order valence-electron chi connectivity index (χ1n) is 7.25. The van der Waals surface area contributed by atoms with E-state index in [1.807, 2.05) is 27.7 Å². The van der Waals surface area contributed by atoms with Gasteiger partial charge < -0.3 is 15.8 Å². The van der Waals surface area contributed by atoms with Gasteiger partial charge in [0, 0.05) is 12.5 Å². The van der Waals surface area contributed by atoms with Crippen LogP contribution in [0, 0.1) is 5.92 Å². The number of nitrogen functional groups attached to an aromatic ring is 1. The minimum absolute atomic E-state index is 0.0284. The molecule has 114 valence electrons. The minimum Gasteiger partial charge on any atom is -0.486 e. The Bertz CT molecular complexity index is 453. The van der Waals surface area contributed by atoms with E-state index in [2.05, 4.69) is 12.2 Å². The summed E-state index contributed by atoms with van der Waals surface area (Å²) in [6, 6.07) is 0. The number of rotatable bonds is 8. The van der Waals surface area contributed by atoms with E-state index in [-0.39, 0.29) is 17.8 Å². The summed E-state index contributed by atoms with van der Waals surface area (Å²) in [5.41, 5.74) is 6.59. The lowest BCUT2D eigenvalue weighted by Crippen LogP contribution is -2.10. The number of ether oxygens (including phenoxy) is 1. The topological polar surface area (TPSA) is 64.4 Å². The molecule has 0 saturated heterocycles. The van der Waals surface area contributed by atoms with Gasteiger partial charge in [0.1, 0.15) is 5.00 Å². The average molecular weight is 298 g/mol. The summed E-state index contributed by atoms with van der Waals surface area (Å²) >= 11 is 1.40. The van der Waals surface area contributed by atoms with Crippen molar-refractivity contribution in [1.29, 1.82) is 0 Å². The van der Waals surface area contributed by atoms with Crippen LogP contribution in [-0.4, -0.2) is 18.4 Å². The fourth-order valence-corrected chi connectivity index (χ4v) is 2.89. The molecule has 1 heterocycles. The molecule has 0 saturated carbocycles. The van der Waals surface area contributed by atoms with Crippen molar-refractivity contribution in [2.45, 2.75) is 53.6 Å². The molecule has 0 atom stereocenters. The van der Waals surface area contributed by atoms with Gasteiger partial charge in [-0.25, -0.2) is 0 Å². The van der Waals surface area contributed by atoms with Crippen molar-refractivity contribution in [2.75, 3.05) is 17.6 Å². The lowest BCUT2D eigenvalue weighted by molar-refractivity contribution is 0.0944. The molecule has 1 rings (SSSR count). The number of carbonyl (C=O) groups is 1. The third-order valence-corrected chi connectivity index (χ3v) is 3.98. The molecule has 0 bridgehead atoms. The molecule has 4 nitrogen and oxygen atoms in total. The van der Waals surface area contributed by atoms with Crippen molar-refractivity contribution < 1.29 is 9.53 Å². The second-order valence-corrected chi connectivity index (χ2v) is 6.49. The second kappa shape index (κ2) is 7.53. The van der Waals surface area contributed by atoms with E-state index in [0.717, 1.165) is 24.4 Å². The Kier molecular flexibility index (Phi) is 6.33. The summed E-state index contributed by atoms with van der Waals surface area (Å²) in [6.45, 7) is 10.7. The maximum Gasteiger partial charge on any atom is 0.177 e. The molecule has 0 amide bonds. The second-order valence-electron chi connectivity index (χ2n) is 5.47. The van der Waals surface area contributed by atoms with Gasteiger partial charge in [0.15, 0.2) is 11.5 Å². The SMILES string of the molecule is CCCCNc1sc(C(=O)C(C)C)c(N)c1OC(C)C. The Morgan fingerprint density at radius 3 is 2.50 bits per heavy atom. The number of nitrogens with two attached hydrogens (primary N) is 1. The molecule has 0 fully saturated rings. The quantitative estimate of drug-likeness (QED) is 0.558. The van der Waals surface area contributed by atoms with E-state index in [4.69, 9.17) is 10.5 Å². The lowest BCUT2D eigenvalue weighted by atomic mass is 10.1. The van der Waals surface area contributed by atoms with Crippen molar-refractivity contribution in [3.8, 4) is 5.75 Å². The minimum atomic E-state index is -0.0636. The van der Waals surface area contributed by atoms with Gasteiger partial charge in [-0.1, -0.05) is 27.2 Å². The molecule has 0 radical (unpaired) electrons. The molecule has 1 aromatic heterocycles. The highest BCUT2D eigenvalue weighted by molar-refractivity contribution is 7.19. The normalized spacial score (nSPS) is 11.2. The van der Waals surface area contributed by atoms with Crippen LogP contribution in [0.4, 0.5) is 10.7 Å². The number of unbranched alkanes of at least 4 members (excludes halogenated alkanes) is 1. The van der Waals surface area contributed by atoms with Crippen LogP contribution >= 0.6 is 11.3 Å². The molecule has 0 aliphatic rings. The number of hydrogen-bond acceptors (Lipinski definition) is 5. The number of Topliss-reactive ketones (excluding diaryl/α,β-unsaturated/α-hetero) is 1. The van der Waals surface area contributed by atoms with Crippen molar-refractivity contribution in [3.63, 3.8) is 0 Å². The molecule has 0 aromatic carbocycles. The predicted octanol–water partition coefficient (Wildman–Crippen LogP) is 4.17. The van der Waals surface area contributed by atoms with Crippen LogP contribution in [-0.2, 0) is 0 Å². The molecule has 0 aliphatic heterocycles. The van der Waals surface area contributed by atoms with E-state index in [0.29, 0.717) is 16.3 Å². The number of hydrogen-bond donors (Lipinski definition) is 2. The zero-order chi connectivity index (χ0) is 15.3. The van der Waals surface area contributed by atoms with Crippen LogP contribution in [0.3, 0.4) is 0 Å². The van der Waals surface area contributed by atoms with Gasteiger partial charge in [-0.15, -0.1) is 11.3 Å². The lowest BCUT2D eigenvalue weighted by Gasteiger charge is -2.12. The fourth-order valence-electron chi connectivity index (χ4n) is 1.72. The van der Waals surface area contributed by atoms with Crippen molar-refractivity contribution in [3.05, 3.63) is 4.88 Å². The van der Waals surface area contributed by atoms with Crippen molar-refractivity contribution >= 4 is 27.8 Å². The molecule has 3 N–H and O–H groups in total. The first kappa shape index (κ1) is 16.8. The van der Waals surface area contributed by atoms with Gasteiger partial charge >= 0.3 is 0 Å². The maximum absolute atomic E-state index is 12.2.